The number of piperidine rings is 1. The Hall–Kier alpha value is -0.0300. The molecule has 6 heteroatoms. The molecular formula is C12H27Cl2N3O. The Morgan fingerprint density at radius 3 is 2.44 bits per heavy atom. The van der Waals surface area contributed by atoms with Crippen LogP contribution in [0.25, 0.3) is 0 Å². The standard InChI is InChI=1S/C12H25N3O.2ClH/c1-9-7-10(5-6-15(9)4)14-11(16)12(2,3)8-13;;/h9-10H,5-8,13H2,1-4H3,(H,14,16);2*1H. The van der Waals surface area contributed by atoms with E-state index in [2.05, 4.69) is 24.2 Å². The van der Waals surface area contributed by atoms with E-state index in [1.165, 1.54) is 0 Å². The molecule has 2 atom stereocenters. The van der Waals surface area contributed by atoms with Crippen molar-refractivity contribution in [2.45, 2.75) is 45.7 Å². The molecule has 4 nitrogen and oxygen atoms in total. The van der Waals surface area contributed by atoms with Crippen LogP contribution in [0.2, 0.25) is 0 Å². The lowest BCUT2D eigenvalue weighted by Gasteiger charge is -2.36. The molecular weight excluding hydrogens is 273 g/mol. The summed E-state index contributed by atoms with van der Waals surface area (Å²) >= 11 is 0. The Morgan fingerprint density at radius 2 is 2.00 bits per heavy atom. The van der Waals surface area contributed by atoms with E-state index in [0.29, 0.717) is 18.6 Å². The Labute approximate surface area is 123 Å². The first-order valence-corrected chi connectivity index (χ1v) is 6.08. The molecule has 1 aliphatic heterocycles. The van der Waals surface area contributed by atoms with Crippen molar-refractivity contribution in [3.8, 4) is 0 Å². The smallest absolute Gasteiger partial charge is 0.227 e. The number of likely N-dealkylation sites (tertiary alicyclic amines) is 1. The number of halogens is 2. The molecule has 0 aliphatic carbocycles. The normalized spacial score (nSPS) is 24.7. The summed E-state index contributed by atoms with van der Waals surface area (Å²) in [4.78, 5) is 14.3. The first kappa shape index (κ1) is 20.3. The van der Waals surface area contributed by atoms with Crippen molar-refractivity contribution >= 4 is 30.7 Å². The number of hydrogen-bond donors (Lipinski definition) is 2. The number of rotatable bonds is 3. The SMILES string of the molecule is CC1CC(NC(=O)C(C)(C)CN)CCN1C.Cl.Cl. The molecule has 0 aromatic rings. The predicted octanol–water partition coefficient (Wildman–Crippen LogP) is 1.41. The van der Waals surface area contributed by atoms with Crippen LogP contribution < -0.4 is 11.1 Å². The Kier molecular flexibility index (Phi) is 9.25. The topological polar surface area (TPSA) is 58.4 Å². The van der Waals surface area contributed by atoms with E-state index < -0.39 is 5.41 Å². The second-order valence-corrected chi connectivity index (χ2v) is 5.61. The lowest BCUT2D eigenvalue weighted by molar-refractivity contribution is -0.130. The Bertz CT molecular complexity index is 262. The van der Waals surface area contributed by atoms with Crippen molar-refractivity contribution < 1.29 is 4.79 Å². The number of amides is 1. The van der Waals surface area contributed by atoms with Crippen molar-refractivity contribution in [2.24, 2.45) is 11.1 Å². The van der Waals surface area contributed by atoms with Crippen LogP contribution in [0.4, 0.5) is 0 Å². The molecule has 0 aromatic heterocycles. The number of nitrogens with one attached hydrogen (secondary N) is 1. The van der Waals surface area contributed by atoms with Crippen LogP contribution in [0.15, 0.2) is 0 Å². The summed E-state index contributed by atoms with van der Waals surface area (Å²) in [6.07, 6.45) is 2.07. The fourth-order valence-corrected chi connectivity index (χ4v) is 1.89. The number of nitrogens with zero attached hydrogens (tertiary/aromatic N) is 1. The van der Waals surface area contributed by atoms with Gasteiger partial charge in [-0.1, -0.05) is 0 Å². The highest BCUT2D eigenvalue weighted by atomic mass is 35.5. The molecule has 1 fully saturated rings. The van der Waals surface area contributed by atoms with Crippen molar-refractivity contribution in [1.29, 1.82) is 0 Å². The molecule has 1 heterocycles. The molecule has 1 rings (SSSR count). The van der Waals surface area contributed by atoms with Crippen LogP contribution in [0, 0.1) is 5.41 Å². The van der Waals surface area contributed by atoms with Crippen molar-refractivity contribution in [3.05, 3.63) is 0 Å². The molecule has 2 unspecified atom stereocenters. The van der Waals surface area contributed by atoms with Gasteiger partial charge in [0.2, 0.25) is 5.91 Å². The van der Waals surface area contributed by atoms with Gasteiger partial charge < -0.3 is 16.0 Å². The number of hydrogen-bond acceptors (Lipinski definition) is 3. The van der Waals surface area contributed by atoms with E-state index in [1.807, 2.05) is 13.8 Å². The largest absolute Gasteiger partial charge is 0.353 e. The van der Waals surface area contributed by atoms with E-state index in [0.717, 1.165) is 19.4 Å². The zero-order valence-corrected chi connectivity index (χ0v) is 13.4. The van der Waals surface area contributed by atoms with Gasteiger partial charge in [-0.2, -0.15) is 0 Å². The summed E-state index contributed by atoms with van der Waals surface area (Å²) in [6, 6.07) is 0.851. The minimum atomic E-state index is -0.452. The Balaban J connectivity index is 0. The second-order valence-electron chi connectivity index (χ2n) is 5.61. The molecule has 0 saturated carbocycles. The number of carbonyl (C=O) groups is 1. The summed E-state index contributed by atoms with van der Waals surface area (Å²) in [5.41, 5.74) is 5.14. The quantitative estimate of drug-likeness (QED) is 0.828. The summed E-state index contributed by atoms with van der Waals surface area (Å²) in [6.45, 7) is 7.42. The highest BCUT2D eigenvalue weighted by Gasteiger charge is 2.30. The lowest BCUT2D eigenvalue weighted by Crippen LogP contribution is -2.51. The molecule has 1 saturated heterocycles. The summed E-state index contributed by atoms with van der Waals surface area (Å²) in [7, 11) is 2.13. The van der Waals surface area contributed by atoms with Gasteiger partial charge in [0, 0.05) is 25.2 Å². The van der Waals surface area contributed by atoms with Gasteiger partial charge in [0.05, 0.1) is 5.41 Å². The van der Waals surface area contributed by atoms with Crippen molar-refractivity contribution in [1.82, 2.24) is 10.2 Å². The van der Waals surface area contributed by atoms with Crippen molar-refractivity contribution in [3.63, 3.8) is 0 Å². The lowest BCUT2D eigenvalue weighted by atomic mass is 9.91. The molecule has 110 valence electrons. The molecule has 0 aromatic carbocycles. The third-order valence-electron chi connectivity index (χ3n) is 3.67. The molecule has 0 spiro atoms. The molecule has 1 aliphatic rings. The maximum absolute atomic E-state index is 11.9. The monoisotopic (exact) mass is 299 g/mol. The molecule has 18 heavy (non-hydrogen) atoms. The van der Waals surface area contributed by atoms with Gasteiger partial charge in [-0.15, -0.1) is 24.8 Å². The zero-order chi connectivity index (χ0) is 12.3. The second kappa shape index (κ2) is 8.20. The van der Waals surface area contributed by atoms with Gasteiger partial charge >= 0.3 is 0 Å². The van der Waals surface area contributed by atoms with Gasteiger partial charge in [-0.3, -0.25) is 4.79 Å². The van der Waals surface area contributed by atoms with Gasteiger partial charge in [0.15, 0.2) is 0 Å². The van der Waals surface area contributed by atoms with E-state index in [4.69, 9.17) is 5.73 Å². The third kappa shape index (κ3) is 5.31. The van der Waals surface area contributed by atoms with Gasteiger partial charge in [-0.25, -0.2) is 0 Å². The minimum absolute atomic E-state index is 0. The van der Waals surface area contributed by atoms with Crippen LogP contribution in [0.5, 0.6) is 0 Å². The van der Waals surface area contributed by atoms with Crippen molar-refractivity contribution in [2.75, 3.05) is 20.1 Å². The molecule has 0 bridgehead atoms. The van der Waals surface area contributed by atoms with Crippen LogP contribution in [-0.4, -0.2) is 43.0 Å². The highest BCUT2D eigenvalue weighted by Crippen LogP contribution is 2.18. The third-order valence-corrected chi connectivity index (χ3v) is 3.67. The maximum atomic E-state index is 11.9. The fourth-order valence-electron chi connectivity index (χ4n) is 1.89. The van der Waals surface area contributed by atoms with E-state index >= 15 is 0 Å². The molecule has 0 radical (unpaired) electrons. The van der Waals surface area contributed by atoms with E-state index in [1.54, 1.807) is 0 Å². The minimum Gasteiger partial charge on any atom is -0.353 e. The molecule has 1 amide bonds. The molecule has 3 N–H and O–H groups in total. The van der Waals surface area contributed by atoms with Crippen LogP contribution >= 0.6 is 24.8 Å². The van der Waals surface area contributed by atoms with Crippen LogP contribution in [0.3, 0.4) is 0 Å². The zero-order valence-electron chi connectivity index (χ0n) is 11.7. The highest BCUT2D eigenvalue weighted by molar-refractivity contribution is 5.85. The summed E-state index contributed by atoms with van der Waals surface area (Å²) in [5.74, 6) is 0.0803. The number of carbonyl (C=O) groups excluding carboxylic acids is 1. The van der Waals surface area contributed by atoms with E-state index in [-0.39, 0.29) is 30.7 Å². The first-order chi connectivity index (χ1) is 7.36. The average Bonchev–Trinajstić information content (AvgIpc) is 2.23. The van der Waals surface area contributed by atoms with Crippen LogP contribution in [0.1, 0.15) is 33.6 Å². The van der Waals surface area contributed by atoms with E-state index in [9.17, 15) is 4.79 Å². The average molecular weight is 300 g/mol. The van der Waals surface area contributed by atoms with Gasteiger partial charge in [0.25, 0.3) is 0 Å². The predicted molar refractivity (Wildman–Crippen MR) is 80.6 cm³/mol. The van der Waals surface area contributed by atoms with Gasteiger partial charge in [-0.05, 0) is 40.7 Å². The maximum Gasteiger partial charge on any atom is 0.227 e. The summed E-state index contributed by atoms with van der Waals surface area (Å²) < 4.78 is 0. The Morgan fingerprint density at radius 1 is 1.44 bits per heavy atom. The summed E-state index contributed by atoms with van der Waals surface area (Å²) in [5, 5.41) is 3.12. The van der Waals surface area contributed by atoms with Crippen LogP contribution in [-0.2, 0) is 4.79 Å². The first-order valence-electron chi connectivity index (χ1n) is 6.08. The number of nitrogens with two attached hydrogens (primary N) is 1. The fraction of sp³-hybridized carbons (Fsp3) is 0.917. The van der Waals surface area contributed by atoms with Gasteiger partial charge in [0.1, 0.15) is 0 Å².